The highest BCUT2D eigenvalue weighted by molar-refractivity contribution is 7.48. The van der Waals surface area contributed by atoms with E-state index in [1.54, 1.807) is 0 Å². The van der Waals surface area contributed by atoms with Crippen molar-refractivity contribution >= 4 is 74.2 Å². The van der Waals surface area contributed by atoms with E-state index in [-0.39, 0.29) is 9.67 Å². The molecule has 2 aromatic rings. The van der Waals surface area contributed by atoms with Gasteiger partial charge in [0, 0.05) is 0 Å². The average molecular weight is 524 g/mol. The molecule has 2 rings (SSSR count). The Bertz CT molecular complexity index is 660. The molecule has 0 nitrogen and oxygen atoms in total. The lowest BCUT2D eigenvalue weighted by molar-refractivity contribution is 0.696. The summed E-state index contributed by atoms with van der Waals surface area (Å²) in [6.45, 7) is 0. The second-order valence-electron chi connectivity index (χ2n) is 7.43. The van der Waals surface area contributed by atoms with E-state index in [2.05, 4.69) is 48.5 Å². The van der Waals surface area contributed by atoms with Crippen LogP contribution in [0.15, 0.2) is 48.5 Å². The molecule has 6 heteroatoms. The molecule has 0 heterocycles. The van der Waals surface area contributed by atoms with Crippen LogP contribution in [0.4, 0.5) is 0 Å². The summed E-state index contributed by atoms with van der Waals surface area (Å²) >= 11 is 23.3. The quantitative estimate of drug-likeness (QED) is 0.124. The van der Waals surface area contributed by atoms with Crippen molar-refractivity contribution < 1.29 is 0 Å². The molecule has 0 saturated carbocycles. The van der Waals surface area contributed by atoms with Gasteiger partial charge in [-0.15, -0.1) is 46.4 Å². The van der Waals surface area contributed by atoms with Crippen LogP contribution in [-0.4, -0.2) is 22.0 Å². The third-order valence-corrected chi connectivity index (χ3v) is 8.69. The van der Waals surface area contributed by atoms with Crippen LogP contribution >= 0.6 is 63.6 Å². The molecule has 2 aromatic carbocycles. The summed E-state index contributed by atoms with van der Waals surface area (Å²) in [5, 5.41) is 2.97. The monoisotopic (exact) mass is 522 g/mol. The van der Waals surface area contributed by atoms with Gasteiger partial charge in [-0.25, -0.2) is 0 Å². The minimum atomic E-state index is -0.219. The molecule has 0 spiro atoms. The van der Waals surface area contributed by atoms with Crippen LogP contribution in [0.3, 0.4) is 0 Å². The molecule has 0 bridgehead atoms. The standard InChI is InChI=1S/C24H32Cl4P2/c25-23(26)15-3-1-9-17-29-21-13-7-5-11-19(21)20-12-6-8-14-22(20)30-18-10-2-4-16-24(27)28/h5-8,11-14,23-24,29-30H,1-4,9-10,15-18H2. The van der Waals surface area contributed by atoms with Crippen molar-refractivity contribution in [1.82, 2.24) is 0 Å². The number of unbranched alkanes of at least 4 members (excludes halogenated alkanes) is 4. The zero-order valence-corrected chi connectivity index (χ0v) is 22.4. The van der Waals surface area contributed by atoms with Crippen LogP contribution in [0.5, 0.6) is 0 Å². The fourth-order valence-corrected chi connectivity index (χ4v) is 6.65. The number of alkyl halides is 4. The van der Waals surface area contributed by atoms with Crippen LogP contribution in [0.1, 0.15) is 51.4 Å². The molecule has 0 amide bonds. The molecule has 0 aliphatic rings. The van der Waals surface area contributed by atoms with Gasteiger partial charge in [0.2, 0.25) is 0 Å². The Morgan fingerprint density at radius 2 is 0.933 bits per heavy atom. The van der Waals surface area contributed by atoms with Crippen molar-refractivity contribution in [3.05, 3.63) is 48.5 Å². The Labute approximate surface area is 206 Å². The molecule has 0 N–H and O–H groups in total. The van der Waals surface area contributed by atoms with Crippen molar-refractivity contribution in [2.45, 2.75) is 61.0 Å². The largest absolute Gasteiger partial charge is 0.107 e. The molecule has 0 saturated heterocycles. The van der Waals surface area contributed by atoms with Crippen molar-refractivity contribution in [2.75, 3.05) is 12.3 Å². The number of rotatable bonds is 15. The lowest BCUT2D eigenvalue weighted by Crippen LogP contribution is -2.08. The van der Waals surface area contributed by atoms with E-state index in [1.165, 1.54) is 59.7 Å². The molecular weight excluding hydrogens is 492 g/mol. The van der Waals surface area contributed by atoms with Gasteiger partial charge in [0.15, 0.2) is 0 Å². The summed E-state index contributed by atoms with van der Waals surface area (Å²) in [5.74, 6) is 0. The maximum atomic E-state index is 5.82. The molecular formula is C24H32Cl4P2. The number of benzene rings is 2. The Morgan fingerprint density at radius 3 is 1.33 bits per heavy atom. The predicted molar refractivity (Wildman–Crippen MR) is 145 cm³/mol. The lowest BCUT2D eigenvalue weighted by atomic mass is 10.1. The number of hydrogen-bond donors (Lipinski definition) is 0. The Hall–Kier alpha value is 0.460. The number of halogens is 4. The smallest absolute Gasteiger partial charge is 0.105 e. The van der Waals surface area contributed by atoms with Crippen molar-refractivity contribution in [3.63, 3.8) is 0 Å². The summed E-state index contributed by atoms with van der Waals surface area (Å²) in [5.41, 5.74) is 2.82. The fraction of sp³-hybridized carbons (Fsp3) is 0.500. The summed E-state index contributed by atoms with van der Waals surface area (Å²) in [6, 6.07) is 17.9. The van der Waals surface area contributed by atoms with Gasteiger partial charge < -0.3 is 0 Å². The van der Waals surface area contributed by atoms with E-state index in [4.69, 9.17) is 46.4 Å². The zero-order valence-electron chi connectivity index (χ0n) is 17.4. The van der Waals surface area contributed by atoms with E-state index < -0.39 is 0 Å². The third-order valence-electron chi connectivity index (χ3n) is 4.97. The van der Waals surface area contributed by atoms with Crippen molar-refractivity contribution in [1.29, 1.82) is 0 Å². The zero-order chi connectivity index (χ0) is 21.6. The first kappa shape index (κ1) is 26.7. The minimum absolute atomic E-state index is 0.219. The van der Waals surface area contributed by atoms with Crippen LogP contribution in [0.25, 0.3) is 11.1 Å². The summed E-state index contributed by atoms with van der Waals surface area (Å²) in [7, 11) is 1.69. The molecule has 30 heavy (non-hydrogen) atoms. The molecule has 166 valence electrons. The van der Waals surface area contributed by atoms with Gasteiger partial charge in [-0.2, -0.15) is 0 Å². The third kappa shape index (κ3) is 10.9. The Kier molecular flexibility index (Phi) is 14.4. The van der Waals surface area contributed by atoms with E-state index in [0.717, 1.165) is 42.8 Å². The molecule has 0 fully saturated rings. The Balaban J connectivity index is 1.90. The molecule has 0 radical (unpaired) electrons. The van der Waals surface area contributed by atoms with E-state index >= 15 is 0 Å². The van der Waals surface area contributed by atoms with Crippen molar-refractivity contribution in [2.24, 2.45) is 0 Å². The predicted octanol–water partition coefficient (Wildman–Crippen LogP) is 8.69. The number of hydrogen-bond acceptors (Lipinski definition) is 0. The van der Waals surface area contributed by atoms with Crippen molar-refractivity contribution in [3.8, 4) is 11.1 Å². The molecule has 2 unspecified atom stereocenters. The average Bonchev–Trinajstić information content (AvgIpc) is 2.73. The molecule has 0 aliphatic heterocycles. The van der Waals surface area contributed by atoms with E-state index in [0.29, 0.717) is 0 Å². The van der Waals surface area contributed by atoms with Gasteiger partial charge in [0.05, 0.1) is 0 Å². The maximum absolute atomic E-state index is 5.82. The van der Waals surface area contributed by atoms with Crippen LogP contribution in [0.2, 0.25) is 0 Å². The van der Waals surface area contributed by atoms with Gasteiger partial charge in [-0.3, -0.25) is 0 Å². The highest BCUT2D eigenvalue weighted by Gasteiger charge is 2.09. The summed E-state index contributed by atoms with van der Waals surface area (Å²) in [4.78, 5) is -0.439. The van der Waals surface area contributed by atoms with E-state index in [1.807, 2.05) is 0 Å². The van der Waals surface area contributed by atoms with Gasteiger partial charge in [-0.05, 0) is 59.7 Å². The highest BCUT2D eigenvalue weighted by Crippen LogP contribution is 2.28. The molecule has 2 atom stereocenters. The molecule has 0 aliphatic carbocycles. The van der Waals surface area contributed by atoms with Gasteiger partial charge in [-0.1, -0.05) is 91.4 Å². The highest BCUT2D eigenvalue weighted by atomic mass is 35.5. The maximum Gasteiger partial charge on any atom is 0.107 e. The SMILES string of the molecule is ClC(Cl)CCCCCPc1ccccc1-c1ccccc1PCCCCCC(Cl)Cl. The first-order valence-corrected chi connectivity index (χ1v) is 15.0. The first-order chi connectivity index (χ1) is 14.6. The second kappa shape index (κ2) is 16.1. The van der Waals surface area contributed by atoms with Crippen LogP contribution < -0.4 is 10.6 Å². The lowest BCUT2D eigenvalue weighted by Gasteiger charge is -2.14. The fourth-order valence-electron chi connectivity index (χ4n) is 3.39. The topological polar surface area (TPSA) is 0 Å². The normalized spacial score (nSPS) is 12.3. The van der Waals surface area contributed by atoms with E-state index in [9.17, 15) is 0 Å². The first-order valence-electron chi connectivity index (χ1n) is 10.8. The Morgan fingerprint density at radius 1 is 0.533 bits per heavy atom. The molecule has 0 aromatic heterocycles. The summed E-state index contributed by atoms with van der Waals surface area (Å²) < 4.78 is 0. The second-order valence-corrected chi connectivity index (χ2v) is 12.8. The van der Waals surface area contributed by atoms with Gasteiger partial charge in [0.1, 0.15) is 9.67 Å². The van der Waals surface area contributed by atoms with Crippen LogP contribution in [-0.2, 0) is 0 Å². The van der Waals surface area contributed by atoms with Gasteiger partial charge >= 0.3 is 0 Å². The minimum Gasteiger partial charge on any atom is -0.105 e. The van der Waals surface area contributed by atoms with Gasteiger partial charge in [0.25, 0.3) is 0 Å². The summed E-state index contributed by atoms with van der Waals surface area (Å²) in [6.07, 6.45) is 11.4. The van der Waals surface area contributed by atoms with Crippen LogP contribution in [0, 0.1) is 0 Å².